The highest BCUT2D eigenvalue weighted by Gasteiger charge is 2.23. The zero-order chi connectivity index (χ0) is 22.0. The lowest BCUT2D eigenvalue weighted by atomic mass is 10.1. The Bertz CT molecular complexity index is 1100. The van der Waals surface area contributed by atoms with Crippen LogP contribution < -0.4 is 4.90 Å². The van der Waals surface area contributed by atoms with Gasteiger partial charge in [0.05, 0.1) is 23.4 Å². The summed E-state index contributed by atoms with van der Waals surface area (Å²) in [5, 5.41) is 0.570. The third kappa shape index (κ3) is 4.92. The van der Waals surface area contributed by atoms with Crippen LogP contribution in [0.2, 0.25) is 0 Å². The van der Waals surface area contributed by atoms with Gasteiger partial charge < -0.3 is 4.74 Å². The van der Waals surface area contributed by atoms with Gasteiger partial charge in [0.25, 0.3) is 5.91 Å². The van der Waals surface area contributed by atoms with E-state index >= 15 is 0 Å². The second-order valence-corrected chi connectivity index (χ2v) is 8.80. The van der Waals surface area contributed by atoms with Crippen molar-refractivity contribution in [2.45, 2.75) is 20.3 Å². The smallest absolute Gasteiger partial charge is 0.260 e. The molecule has 1 aliphatic rings. The molecule has 0 spiro atoms. The average Bonchev–Trinajstić information content (AvgIpc) is 3.17. The van der Waals surface area contributed by atoms with E-state index in [1.54, 1.807) is 4.90 Å². The number of anilines is 1. The van der Waals surface area contributed by atoms with Crippen LogP contribution in [0.1, 0.15) is 27.9 Å². The molecule has 0 bridgehead atoms. The van der Waals surface area contributed by atoms with E-state index in [9.17, 15) is 13.6 Å². The molecule has 0 radical (unpaired) electrons. The zero-order valence-electron chi connectivity index (χ0n) is 17.7. The number of aromatic nitrogens is 1. The monoisotopic (exact) mass is 445 g/mol. The third-order valence-electron chi connectivity index (χ3n) is 5.41. The second kappa shape index (κ2) is 9.38. The molecule has 164 valence electrons. The number of benzene rings is 2. The molecule has 8 heteroatoms. The van der Waals surface area contributed by atoms with Gasteiger partial charge in [0, 0.05) is 31.7 Å². The van der Waals surface area contributed by atoms with Gasteiger partial charge in [0.15, 0.2) is 16.8 Å². The summed E-state index contributed by atoms with van der Waals surface area (Å²) in [5.74, 6) is -2.38. The predicted molar refractivity (Wildman–Crippen MR) is 119 cm³/mol. The van der Waals surface area contributed by atoms with E-state index in [1.807, 2.05) is 19.9 Å². The van der Waals surface area contributed by atoms with Crippen LogP contribution >= 0.6 is 11.3 Å². The van der Waals surface area contributed by atoms with E-state index in [0.717, 1.165) is 59.5 Å². The number of aryl methyl sites for hydroxylation is 2. The lowest BCUT2D eigenvalue weighted by Gasteiger charge is -2.27. The molecule has 1 aliphatic heterocycles. The standard InChI is InChI=1S/C23H25F2N3O2S/c1-15-12-16(2)21-20(13-15)26-23(31-21)28(7-3-6-27-8-10-30-11-9-27)22(29)17-4-5-18(24)19(25)14-17/h4-5,12-14H,3,6-11H2,1-2H3. The molecule has 1 aromatic heterocycles. The largest absolute Gasteiger partial charge is 0.379 e. The van der Waals surface area contributed by atoms with Crippen LogP contribution in [0.25, 0.3) is 10.2 Å². The molecule has 0 N–H and O–H groups in total. The van der Waals surface area contributed by atoms with Crippen LogP contribution in [0.15, 0.2) is 30.3 Å². The maximum absolute atomic E-state index is 13.8. The van der Waals surface area contributed by atoms with Crippen molar-refractivity contribution >= 4 is 32.6 Å². The molecule has 0 atom stereocenters. The highest BCUT2D eigenvalue weighted by atomic mass is 32.1. The SMILES string of the molecule is Cc1cc(C)c2sc(N(CCCN3CCOCC3)C(=O)c3ccc(F)c(F)c3)nc2c1. The highest BCUT2D eigenvalue weighted by Crippen LogP contribution is 2.33. The Labute approximate surface area is 184 Å². The van der Waals surface area contributed by atoms with Crippen molar-refractivity contribution in [2.24, 2.45) is 0 Å². The molecular weight excluding hydrogens is 420 g/mol. The van der Waals surface area contributed by atoms with Gasteiger partial charge in [-0.1, -0.05) is 17.4 Å². The van der Waals surface area contributed by atoms with Crippen molar-refractivity contribution in [1.29, 1.82) is 0 Å². The van der Waals surface area contributed by atoms with Crippen molar-refractivity contribution in [3.8, 4) is 0 Å². The van der Waals surface area contributed by atoms with E-state index in [0.29, 0.717) is 24.9 Å². The summed E-state index contributed by atoms with van der Waals surface area (Å²) in [6.45, 7) is 8.48. The number of hydrogen-bond acceptors (Lipinski definition) is 5. The summed E-state index contributed by atoms with van der Waals surface area (Å²) in [5.41, 5.74) is 3.16. The number of thiazole rings is 1. The second-order valence-electron chi connectivity index (χ2n) is 7.82. The lowest BCUT2D eigenvalue weighted by Crippen LogP contribution is -2.39. The molecule has 1 amide bonds. The molecule has 2 heterocycles. The first-order chi connectivity index (χ1) is 14.9. The number of ether oxygens (including phenoxy) is 1. The van der Waals surface area contributed by atoms with Crippen molar-refractivity contribution in [1.82, 2.24) is 9.88 Å². The lowest BCUT2D eigenvalue weighted by molar-refractivity contribution is 0.0376. The van der Waals surface area contributed by atoms with E-state index in [4.69, 9.17) is 9.72 Å². The van der Waals surface area contributed by atoms with Gasteiger partial charge in [0.1, 0.15) is 0 Å². The van der Waals surface area contributed by atoms with E-state index < -0.39 is 11.6 Å². The first-order valence-corrected chi connectivity index (χ1v) is 11.2. The number of hydrogen-bond donors (Lipinski definition) is 0. The average molecular weight is 446 g/mol. The van der Waals surface area contributed by atoms with Crippen LogP contribution in [0, 0.1) is 25.5 Å². The van der Waals surface area contributed by atoms with Crippen molar-refractivity contribution in [3.05, 3.63) is 58.7 Å². The Hall–Kier alpha value is -2.42. The Balaban J connectivity index is 1.62. The molecule has 3 aromatic rings. The Morgan fingerprint density at radius 1 is 1.16 bits per heavy atom. The quantitative estimate of drug-likeness (QED) is 0.558. The zero-order valence-corrected chi connectivity index (χ0v) is 18.5. The fourth-order valence-corrected chi connectivity index (χ4v) is 4.87. The van der Waals surface area contributed by atoms with Crippen LogP contribution in [0.3, 0.4) is 0 Å². The molecule has 0 aliphatic carbocycles. The molecule has 31 heavy (non-hydrogen) atoms. The summed E-state index contributed by atoms with van der Waals surface area (Å²) in [6.07, 6.45) is 0.739. The summed E-state index contributed by atoms with van der Waals surface area (Å²) < 4.78 is 33.6. The van der Waals surface area contributed by atoms with Gasteiger partial charge >= 0.3 is 0 Å². The number of carbonyl (C=O) groups excluding carboxylic acids is 1. The topological polar surface area (TPSA) is 45.7 Å². The van der Waals surface area contributed by atoms with E-state index in [-0.39, 0.29) is 11.5 Å². The normalized spacial score (nSPS) is 14.8. The minimum absolute atomic E-state index is 0.109. The summed E-state index contributed by atoms with van der Waals surface area (Å²) >= 11 is 1.45. The number of carbonyl (C=O) groups is 1. The number of halogens is 2. The first-order valence-electron chi connectivity index (χ1n) is 10.4. The minimum atomic E-state index is -1.03. The van der Waals surface area contributed by atoms with Gasteiger partial charge in [-0.3, -0.25) is 14.6 Å². The molecule has 5 nitrogen and oxygen atoms in total. The van der Waals surface area contributed by atoms with Gasteiger partial charge in [-0.15, -0.1) is 0 Å². The molecule has 4 rings (SSSR count). The van der Waals surface area contributed by atoms with E-state index in [1.165, 1.54) is 17.4 Å². The molecule has 0 unspecified atom stereocenters. The van der Waals surface area contributed by atoms with E-state index in [2.05, 4.69) is 11.0 Å². The molecular formula is C23H25F2N3O2S. The summed E-state index contributed by atoms with van der Waals surface area (Å²) in [6, 6.07) is 7.34. The maximum Gasteiger partial charge on any atom is 0.260 e. The number of fused-ring (bicyclic) bond motifs is 1. The maximum atomic E-state index is 13.8. The minimum Gasteiger partial charge on any atom is -0.379 e. The Morgan fingerprint density at radius 2 is 1.94 bits per heavy atom. The molecule has 1 fully saturated rings. The Kier molecular flexibility index (Phi) is 6.60. The van der Waals surface area contributed by atoms with Gasteiger partial charge in [-0.25, -0.2) is 13.8 Å². The van der Waals surface area contributed by atoms with Crippen LogP contribution in [-0.4, -0.2) is 55.2 Å². The molecule has 1 saturated heterocycles. The van der Waals surface area contributed by atoms with Crippen molar-refractivity contribution in [3.63, 3.8) is 0 Å². The number of morpholine rings is 1. The fraction of sp³-hybridized carbons (Fsp3) is 0.391. The van der Waals surface area contributed by atoms with Crippen LogP contribution in [0.5, 0.6) is 0 Å². The highest BCUT2D eigenvalue weighted by molar-refractivity contribution is 7.22. The predicted octanol–water partition coefficient (Wildman–Crippen LogP) is 4.56. The third-order valence-corrected chi connectivity index (χ3v) is 6.64. The van der Waals surface area contributed by atoms with Crippen LogP contribution in [-0.2, 0) is 4.74 Å². The fourth-order valence-electron chi connectivity index (χ4n) is 3.83. The number of rotatable bonds is 6. The van der Waals surface area contributed by atoms with Crippen molar-refractivity contribution in [2.75, 3.05) is 44.3 Å². The number of amides is 1. The molecule has 2 aromatic carbocycles. The van der Waals surface area contributed by atoms with Gasteiger partial charge in [-0.2, -0.15) is 0 Å². The summed E-state index contributed by atoms with van der Waals surface area (Å²) in [4.78, 5) is 21.9. The number of nitrogens with zero attached hydrogens (tertiary/aromatic N) is 3. The van der Waals surface area contributed by atoms with Crippen molar-refractivity contribution < 1.29 is 18.3 Å². The van der Waals surface area contributed by atoms with Crippen LogP contribution in [0.4, 0.5) is 13.9 Å². The first kappa shape index (κ1) is 21.8. The summed E-state index contributed by atoms with van der Waals surface area (Å²) in [7, 11) is 0. The Morgan fingerprint density at radius 3 is 2.68 bits per heavy atom. The van der Waals surface area contributed by atoms with Gasteiger partial charge in [0.2, 0.25) is 0 Å². The van der Waals surface area contributed by atoms with Gasteiger partial charge in [-0.05, 0) is 55.7 Å². The molecule has 0 saturated carbocycles.